The first-order valence-corrected chi connectivity index (χ1v) is 7.02. The summed E-state index contributed by atoms with van der Waals surface area (Å²) in [6.07, 6.45) is -4.10. The monoisotopic (exact) mass is 341 g/mol. The third-order valence-electron chi connectivity index (χ3n) is 3.32. The van der Waals surface area contributed by atoms with Gasteiger partial charge in [0, 0.05) is 19.0 Å². The first-order chi connectivity index (χ1) is 11.2. The molecule has 0 aliphatic heterocycles. The predicted octanol–water partition coefficient (Wildman–Crippen LogP) is 3.49. The van der Waals surface area contributed by atoms with Gasteiger partial charge >= 0.3 is 12.1 Å². The van der Waals surface area contributed by atoms with Crippen molar-refractivity contribution in [1.82, 2.24) is 5.32 Å². The molecule has 5 nitrogen and oxygen atoms in total. The van der Waals surface area contributed by atoms with Crippen molar-refractivity contribution in [1.29, 1.82) is 0 Å². The average molecular weight is 341 g/mol. The molecule has 24 heavy (non-hydrogen) atoms. The van der Waals surface area contributed by atoms with Gasteiger partial charge in [0.2, 0.25) is 0 Å². The van der Waals surface area contributed by atoms with Crippen molar-refractivity contribution in [2.45, 2.75) is 26.1 Å². The molecule has 0 aliphatic carbocycles. The van der Waals surface area contributed by atoms with E-state index in [4.69, 9.17) is 9.52 Å². The third-order valence-corrected chi connectivity index (χ3v) is 3.32. The number of halogens is 3. The van der Waals surface area contributed by atoms with Gasteiger partial charge in [0.1, 0.15) is 11.3 Å². The van der Waals surface area contributed by atoms with Crippen LogP contribution >= 0.6 is 0 Å². The summed E-state index contributed by atoms with van der Waals surface area (Å²) in [7, 11) is 0. The van der Waals surface area contributed by atoms with Crippen LogP contribution < -0.4 is 5.32 Å². The van der Waals surface area contributed by atoms with Crippen LogP contribution in [0.2, 0.25) is 0 Å². The molecular weight excluding hydrogens is 327 g/mol. The van der Waals surface area contributed by atoms with Gasteiger partial charge in [-0.15, -0.1) is 0 Å². The normalized spacial score (nSPS) is 11.3. The van der Waals surface area contributed by atoms with Crippen LogP contribution in [-0.4, -0.2) is 17.0 Å². The molecule has 1 aromatic heterocycles. The quantitative estimate of drug-likeness (QED) is 0.872. The number of alkyl halides is 3. The molecule has 1 amide bonds. The highest BCUT2D eigenvalue weighted by molar-refractivity contribution is 5.96. The summed E-state index contributed by atoms with van der Waals surface area (Å²) in [5, 5.41) is 11.5. The summed E-state index contributed by atoms with van der Waals surface area (Å²) < 4.78 is 42.6. The number of rotatable bonds is 5. The lowest BCUT2D eigenvalue weighted by molar-refractivity contribution is -0.137. The van der Waals surface area contributed by atoms with Gasteiger partial charge in [-0.25, -0.2) is 4.79 Å². The molecule has 0 radical (unpaired) electrons. The third kappa shape index (κ3) is 3.95. The molecule has 1 heterocycles. The molecule has 0 atom stereocenters. The van der Waals surface area contributed by atoms with Gasteiger partial charge in [0.05, 0.1) is 5.56 Å². The molecule has 2 aromatic rings. The Hall–Kier alpha value is -2.77. The molecule has 0 spiro atoms. The molecule has 0 aliphatic rings. The van der Waals surface area contributed by atoms with Crippen LogP contribution in [0.15, 0.2) is 34.7 Å². The number of carboxylic acids is 1. The Labute approximate surface area is 135 Å². The number of hydrogen-bond acceptors (Lipinski definition) is 3. The molecule has 1 aromatic carbocycles. The van der Waals surface area contributed by atoms with E-state index in [1.54, 1.807) is 6.92 Å². The van der Waals surface area contributed by atoms with E-state index in [1.807, 2.05) is 0 Å². The second-order valence-electron chi connectivity index (χ2n) is 4.98. The number of hydrogen-bond donors (Lipinski definition) is 2. The Balaban J connectivity index is 2.04. The predicted molar refractivity (Wildman–Crippen MR) is 77.7 cm³/mol. The summed E-state index contributed by atoms with van der Waals surface area (Å²) in [5.41, 5.74) is -0.392. The summed E-state index contributed by atoms with van der Waals surface area (Å²) in [6, 6.07) is 5.48. The highest BCUT2D eigenvalue weighted by Crippen LogP contribution is 2.29. The SMILES string of the molecule is CCc1oc(C(=O)NCc2ccc(C(F)(F)F)cc2)cc1C(=O)O. The fourth-order valence-electron chi connectivity index (χ4n) is 2.07. The zero-order chi connectivity index (χ0) is 17.9. The van der Waals surface area contributed by atoms with E-state index in [9.17, 15) is 22.8 Å². The van der Waals surface area contributed by atoms with E-state index < -0.39 is 23.6 Å². The summed E-state index contributed by atoms with van der Waals surface area (Å²) in [5.74, 6) is -1.81. The van der Waals surface area contributed by atoms with Crippen LogP contribution in [-0.2, 0) is 19.1 Å². The maximum Gasteiger partial charge on any atom is 0.416 e. The zero-order valence-corrected chi connectivity index (χ0v) is 12.6. The number of carboxylic acid groups (broad SMARTS) is 1. The first kappa shape index (κ1) is 17.6. The number of aromatic carboxylic acids is 1. The number of carbonyl (C=O) groups excluding carboxylic acids is 1. The molecule has 0 unspecified atom stereocenters. The second kappa shape index (κ2) is 6.77. The number of aryl methyl sites for hydroxylation is 1. The van der Waals surface area contributed by atoms with E-state index in [0.29, 0.717) is 12.0 Å². The van der Waals surface area contributed by atoms with Crippen molar-refractivity contribution in [3.8, 4) is 0 Å². The van der Waals surface area contributed by atoms with Gasteiger partial charge < -0.3 is 14.8 Å². The molecule has 2 rings (SSSR count). The van der Waals surface area contributed by atoms with Crippen molar-refractivity contribution in [3.05, 3.63) is 58.5 Å². The van der Waals surface area contributed by atoms with Gasteiger partial charge in [-0.05, 0) is 17.7 Å². The summed E-state index contributed by atoms with van der Waals surface area (Å²) >= 11 is 0. The minimum Gasteiger partial charge on any atom is -0.478 e. The number of benzene rings is 1. The molecule has 0 saturated heterocycles. The lowest BCUT2D eigenvalue weighted by Crippen LogP contribution is -2.22. The molecule has 2 N–H and O–H groups in total. The Bertz CT molecular complexity index is 748. The van der Waals surface area contributed by atoms with Gasteiger partial charge in [-0.2, -0.15) is 13.2 Å². The van der Waals surface area contributed by atoms with Crippen molar-refractivity contribution < 1.29 is 32.3 Å². The molecule has 8 heteroatoms. The highest BCUT2D eigenvalue weighted by Gasteiger charge is 2.29. The van der Waals surface area contributed by atoms with Gasteiger partial charge in [-0.3, -0.25) is 4.79 Å². The molecular formula is C16H14F3NO4. The molecule has 0 saturated carbocycles. The number of carbonyl (C=O) groups is 2. The van der Waals surface area contributed by atoms with Crippen LogP contribution in [0.3, 0.4) is 0 Å². The van der Waals surface area contributed by atoms with Crippen LogP contribution in [0.25, 0.3) is 0 Å². The maximum absolute atomic E-state index is 12.5. The van der Waals surface area contributed by atoms with E-state index in [1.165, 1.54) is 12.1 Å². The minimum atomic E-state index is -4.42. The molecule has 0 fully saturated rings. The Kier molecular flexibility index (Phi) is 4.96. The summed E-state index contributed by atoms with van der Waals surface area (Å²) in [6.45, 7) is 1.68. The van der Waals surface area contributed by atoms with Crippen molar-refractivity contribution in [2.24, 2.45) is 0 Å². The van der Waals surface area contributed by atoms with E-state index in [-0.39, 0.29) is 23.6 Å². The minimum absolute atomic E-state index is 0.0124. The fourth-order valence-corrected chi connectivity index (χ4v) is 2.07. The lowest BCUT2D eigenvalue weighted by atomic mass is 10.1. The van der Waals surface area contributed by atoms with Crippen molar-refractivity contribution >= 4 is 11.9 Å². The van der Waals surface area contributed by atoms with Crippen LogP contribution in [0.1, 0.15) is 44.7 Å². The van der Waals surface area contributed by atoms with Crippen LogP contribution in [0, 0.1) is 0 Å². The van der Waals surface area contributed by atoms with E-state index in [0.717, 1.165) is 18.2 Å². The first-order valence-electron chi connectivity index (χ1n) is 7.02. The van der Waals surface area contributed by atoms with E-state index >= 15 is 0 Å². The Morgan fingerprint density at radius 3 is 2.29 bits per heavy atom. The van der Waals surface area contributed by atoms with E-state index in [2.05, 4.69) is 5.32 Å². The number of furan rings is 1. The van der Waals surface area contributed by atoms with Gasteiger partial charge in [0.25, 0.3) is 5.91 Å². The standard InChI is InChI=1S/C16H14F3NO4/c1-2-12-11(15(22)23)7-13(24-12)14(21)20-8-9-3-5-10(6-4-9)16(17,18)19/h3-7H,2,8H2,1H3,(H,20,21)(H,22,23). The van der Waals surface area contributed by atoms with Gasteiger partial charge in [-0.1, -0.05) is 19.1 Å². The topological polar surface area (TPSA) is 79.5 Å². The van der Waals surface area contributed by atoms with Gasteiger partial charge in [0.15, 0.2) is 5.76 Å². The number of nitrogens with one attached hydrogen (secondary N) is 1. The Morgan fingerprint density at radius 1 is 1.21 bits per heavy atom. The average Bonchev–Trinajstić information content (AvgIpc) is 2.97. The largest absolute Gasteiger partial charge is 0.478 e. The molecule has 128 valence electrons. The lowest BCUT2D eigenvalue weighted by Gasteiger charge is -2.08. The zero-order valence-electron chi connectivity index (χ0n) is 12.6. The van der Waals surface area contributed by atoms with Crippen LogP contribution in [0.4, 0.5) is 13.2 Å². The second-order valence-corrected chi connectivity index (χ2v) is 4.98. The maximum atomic E-state index is 12.5. The van der Waals surface area contributed by atoms with Crippen molar-refractivity contribution in [2.75, 3.05) is 0 Å². The fraction of sp³-hybridized carbons (Fsp3) is 0.250. The summed E-state index contributed by atoms with van der Waals surface area (Å²) in [4.78, 5) is 23.0. The Morgan fingerprint density at radius 2 is 1.83 bits per heavy atom. The van der Waals surface area contributed by atoms with Crippen LogP contribution in [0.5, 0.6) is 0 Å². The smallest absolute Gasteiger partial charge is 0.416 e. The highest BCUT2D eigenvalue weighted by atomic mass is 19.4. The molecule has 0 bridgehead atoms. The number of amides is 1. The van der Waals surface area contributed by atoms with Crippen molar-refractivity contribution in [3.63, 3.8) is 0 Å².